The first kappa shape index (κ1) is 19.2. The molecule has 0 fully saturated rings. The summed E-state index contributed by atoms with van der Waals surface area (Å²) >= 11 is 0. The number of benzene rings is 1. The monoisotopic (exact) mass is 362 g/mol. The molecule has 2 rings (SSSR count). The maximum atomic E-state index is 12.5. The normalized spacial score (nSPS) is 11.4. The highest BCUT2D eigenvalue weighted by atomic mass is 16.5. The van der Waals surface area contributed by atoms with Gasteiger partial charge in [-0.1, -0.05) is 0 Å². The summed E-state index contributed by atoms with van der Waals surface area (Å²) in [6, 6.07) is 5.78. The van der Waals surface area contributed by atoms with Crippen LogP contribution in [0.4, 0.5) is 0 Å². The Balaban J connectivity index is 2.05. The summed E-state index contributed by atoms with van der Waals surface area (Å²) in [7, 11) is 4.40. The molecule has 1 heterocycles. The molecule has 8 nitrogen and oxygen atoms in total. The van der Waals surface area contributed by atoms with Crippen LogP contribution in [0.1, 0.15) is 23.0 Å². The Morgan fingerprint density at radius 2 is 1.77 bits per heavy atom. The van der Waals surface area contributed by atoms with Crippen LogP contribution in [0, 0.1) is 0 Å². The second kappa shape index (κ2) is 8.80. The van der Waals surface area contributed by atoms with Crippen LogP contribution in [-0.2, 0) is 11.3 Å². The van der Waals surface area contributed by atoms with Crippen molar-refractivity contribution < 1.29 is 28.2 Å². The Labute approximate surface area is 151 Å². The smallest absolute Gasteiger partial charge is 0.252 e. The van der Waals surface area contributed by atoms with Crippen LogP contribution in [0.3, 0.4) is 0 Å². The van der Waals surface area contributed by atoms with E-state index in [0.29, 0.717) is 23.0 Å². The topological polar surface area (TPSA) is 99.0 Å². The maximum Gasteiger partial charge on any atom is 0.252 e. The number of nitrogens with one attached hydrogen (secondary N) is 2. The van der Waals surface area contributed by atoms with Gasteiger partial charge in [0.25, 0.3) is 5.91 Å². The number of rotatable bonds is 8. The molecule has 2 N–H and O–H groups in total. The molecular weight excluding hydrogens is 340 g/mol. The summed E-state index contributed by atoms with van der Waals surface area (Å²) in [6.45, 7) is 1.84. The fourth-order valence-corrected chi connectivity index (χ4v) is 2.30. The molecule has 1 aromatic carbocycles. The van der Waals surface area contributed by atoms with Gasteiger partial charge in [0.1, 0.15) is 11.8 Å². The average Bonchev–Trinajstić information content (AvgIpc) is 3.18. The molecular formula is C18H22N2O6. The minimum absolute atomic E-state index is 0.246. The van der Waals surface area contributed by atoms with E-state index in [0.717, 1.165) is 0 Å². The van der Waals surface area contributed by atoms with Gasteiger partial charge in [-0.3, -0.25) is 9.59 Å². The van der Waals surface area contributed by atoms with Crippen LogP contribution >= 0.6 is 0 Å². The van der Waals surface area contributed by atoms with Crippen LogP contribution < -0.4 is 24.8 Å². The molecule has 1 atom stereocenters. The molecule has 1 aromatic heterocycles. The molecule has 0 saturated carbocycles. The van der Waals surface area contributed by atoms with Gasteiger partial charge in [-0.05, 0) is 31.2 Å². The first-order chi connectivity index (χ1) is 12.5. The molecule has 0 aliphatic carbocycles. The minimum atomic E-state index is -0.739. The van der Waals surface area contributed by atoms with Crippen molar-refractivity contribution >= 4 is 11.8 Å². The molecule has 2 aromatic rings. The van der Waals surface area contributed by atoms with E-state index in [9.17, 15) is 9.59 Å². The number of amides is 2. The van der Waals surface area contributed by atoms with Crippen molar-refractivity contribution in [2.45, 2.75) is 19.5 Å². The summed E-state index contributed by atoms with van der Waals surface area (Å²) in [5.74, 6) is 0.947. The van der Waals surface area contributed by atoms with Crippen molar-refractivity contribution in [3.63, 3.8) is 0 Å². The van der Waals surface area contributed by atoms with E-state index in [2.05, 4.69) is 10.6 Å². The Morgan fingerprint density at radius 1 is 1.12 bits per heavy atom. The summed E-state index contributed by atoms with van der Waals surface area (Å²) < 4.78 is 20.8. The van der Waals surface area contributed by atoms with E-state index in [1.165, 1.54) is 39.7 Å². The number of hydrogen-bond donors (Lipinski definition) is 2. The third kappa shape index (κ3) is 4.47. The average molecular weight is 362 g/mol. The second-order valence-corrected chi connectivity index (χ2v) is 5.41. The Bertz CT molecular complexity index is 732. The first-order valence-corrected chi connectivity index (χ1v) is 7.91. The van der Waals surface area contributed by atoms with Gasteiger partial charge in [0.2, 0.25) is 11.7 Å². The van der Waals surface area contributed by atoms with E-state index in [1.807, 2.05) is 0 Å². The number of hydrogen-bond acceptors (Lipinski definition) is 6. The largest absolute Gasteiger partial charge is 0.493 e. The predicted molar refractivity (Wildman–Crippen MR) is 93.6 cm³/mol. The van der Waals surface area contributed by atoms with Gasteiger partial charge in [-0.15, -0.1) is 0 Å². The lowest BCUT2D eigenvalue weighted by Gasteiger charge is -2.16. The van der Waals surface area contributed by atoms with Crippen molar-refractivity contribution in [1.82, 2.24) is 10.6 Å². The summed E-state index contributed by atoms with van der Waals surface area (Å²) in [6.07, 6.45) is 1.52. The Morgan fingerprint density at radius 3 is 2.27 bits per heavy atom. The highest BCUT2D eigenvalue weighted by Gasteiger charge is 2.20. The fourth-order valence-electron chi connectivity index (χ4n) is 2.30. The van der Waals surface area contributed by atoms with Crippen LogP contribution in [-0.4, -0.2) is 39.2 Å². The Kier molecular flexibility index (Phi) is 6.48. The zero-order valence-electron chi connectivity index (χ0n) is 15.1. The zero-order valence-corrected chi connectivity index (χ0v) is 15.1. The van der Waals surface area contributed by atoms with E-state index in [-0.39, 0.29) is 18.0 Å². The number of furan rings is 1. The lowest BCUT2D eigenvalue weighted by molar-refractivity contribution is -0.122. The van der Waals surface area contributed by atoms with Gasteiger partial charge < -0.3 is 29.3 Å². The third-order valence-corrected chi connectivity index (χ3v) is 3.68. The van der Waals surface area contributed by atoms with Crippen molar-refractivity contribution in [3.05, 3.63) is 41.9 Å². The molecule has 0 radical (unpaired) electrons. The highest BCUT2D eigenvalue weighted by molar-refractivity contribution is 5.98. The van der Waals surface area contributed by atoms with Gasteiger partial charge in [-0.2, -0.15) is 0 Å². The van der Waals surface area contributed by atoms with E-state index < -0.39 is 11.9 Å². The molecule has 2 amide bonds. The molecule has 26 heavy (non-hydrogen) atoms. The number of ether oxygens (including phenoxy) is 3. The van der Waals surface area contributed by atoms with Crippen LogP contribution in [0.5, 0.6) is 17.2 Å². The van der Waals surface area contributed by atoms with Crippen LogP contribution in [0.2, 0.25) is 0 Å². The molecule has 0 saturated heterocycles. The predicted octanol–water partition coefficient (Wildman–Crippen LogP) is 1.74. The van der Waals surface area contributed by atoms with Crippen molar-refractivity contribution in [1.29, 1.82) is 0 Å². The van der Waals surface area contributed by atoms with Gasteiger partial charge >= 0.3 is 0 Å². The lowest BCUT2D eigenvalue weighted by Crippen LogP contribution is -2.44. The van der Waals surface area contributed by atoms with Gasteiger partial charge in [-0.25, -0.2) is 0 Å². The van der Waals surface area contributed by atoms with Crippen LogP contribution in [0.15, 0.2) is 34.9 Å². The SMILES string of the molecule is COc1cc(C(=O)N[C@@H](C)C(=O)NCc2ccco2)cc(OC)c1OC. The molecule has 8 heteroatoms. The summed E-state index contributed by atoms with van der Waals surface area (Å²) in [4.78, 5) is 24.6. The van der Waals surface area contributed by atoms with Gasteiger partial charge in [0.15, 0.2) is 11.5 Å². The van der Waals surface area contributed by atoms with Gasteiger partial charge in [0.05, 0.1) is 34.1 Å². The van der Waals surface area contributed by atoms with E-state index in [1.54, 1.807) is 19.1 Å². The quantitative estimate of drug-likeness (QED) is 0.742. The van der Waals surface area contributed by atoms with Crippen molar-refractivity contribution in [2.75, 3.05) is 21.3 Å². The standard InChI is InChI=1S/C18H22N2O6/c1-11(17(21)19-10-13-6-5-7-26-13)20-18(22)12-8-14(23-2)16(25-4)15(9-12)24-3/h5-9,11H,10H2,1-4H3,(H,19,21)(H,20,22)/t11-/m0/s1. The highest BCUT2D eigenvalue weighted by Crippen LogP contribution is 2.38. The molecule has 0 bridgehead atoms. The van der Waals surface area contributed by atoms with Crippen molar-refractivity contribution in [2.24, 2.45) is 0 Å². The lowest BCUT2D eigenvalue weighted by atomic mass is 10.1. The van der Waals surface area contributed by atoms with E-state index >= 15 is 0 Å². The number of carbonyl (C=O) groups is 2. The molecule has 140 valence electrons. The Hall–Kier alpha value is -3.16. The first-order valence-electron chi connectivity index (χ1n) is 7.91. The molecule has 0 unspecified atom stereocenters. The third-order valence-electron chi connectivity index (χ3n) is 3.68. The zero-order chi connectivity index (χ0) is 19.1. The molecule has 0 aliphatic rings. The summed E-state index contributed by atoms with van der Waals surface area (Å²) in [5, 5.41) is 5.32. The fraction of sp³-hybridized carbons (Fsp3) is 0.333. The maximum absolute atomic E-state index is 12.5. The number of methoxy groups -OCH3 is 3. The molecule has 0 aliphatic heterocycles. The second-order valence-electron chi connectivity index (χ2n) is 5.41. The van der Waals surface area contributed by atoms with E-state index in [4.69, 9.17) is 18.6 Å². The number of carbonyl (C=O) groups excluding carboxylic acids is 2. The summed E-state index contributed by atoms with van der Waals surface area (Å²) in [5.41, 5.74) is 0.283. The van der Waals surface area contributed by atoms with Gasteiger partial charge in [0, 0.05) is 5.56 Å². The minimum Gasteiger partial charge on any atom is -0.493 e. The molecule has 0 spiro atoms. The van der Waals surface area contributed by atoms with Crippen LogP contribution in [0.25, 0.3) is 0 Å². The van der Waals surface area contributed by atoms with Crippen molar-refractivity contribution in [3.8, 4) is 17.2 Å².